The van der Waals surface area contributed by atoms with Gasteiger partial charge in [-0.2, -0.15) is 4.98 Å². The minimum absolute atomic E-state index is 0.0935. The molecule has 1 saturated heterocycles. The Hall–Kier alpha value is -1.93. The number of benzene rings is 1. The third kappa shape index (κ3) is 3.76. The molecule has 1 aliphatic heterocycles. The molecule has 8 heteroatoms. The first kappa shape index (κ1) is 16.9. The van der Waals surface area contributed by atoms with Gasteiger partial charge in [-0.15, -0.1) is 0 Å². The van der Waals surface area contributed by atoms with Gasteiger partial charge in [0.1, 0.15) is 5.82 Å². The van der Waals surface area contributed by atoms with Crippen molar-refractivity contribution in [3.8, 4) is 11.4 Å². The molecule has 0 spiro atoms. The molecule has 1 aromatic carbocycles. The number of carbonyl (C=O) groups excluding carboxylic acids is 1. The second kappa shape index (κ2) is 7.76. The SMILES string of the molecule is CCCCSN1CC(c2nc(-c3ccc(F)c(NC=O)c3)no2)C1. The van der Waals surface area contributed by atoms with Crippen LogP contribution in [-0.2, 0) is 4.79 Å². The molecule has 24 heavy (non-hydrogen) atoms. The van der Waals surface area contributed by atoms with Crippen molar-refractivity contribution >= 4 is 24.0 Å². The third-order valence-electron chi connectivity index (χ3n) is 3.85. The van der Waals surface area contributed by atoms with Crippen LogP contribution in [-0.4, -0.2) is 39.7 Å². The van der Waals surface area contributed by atoms with Gasteiger partial charge in [0.05, 0.1) is 11.6 Å². The number of halogens is 1. The zero-order chi connectivity index (χ0) is 16.9. The first-order chi connectivity index (χ1) is 11.7. The summed E-state index contributed by atoms with van der Waals surface area (Å²) < 4.78 is 21.2. The molecule has 0 unspecified atom stereocenters. The molecule has 2 heterocycles. The highest BCUT2D eigenvalue weighted by atomic mass is 32.2. The Morgan fingerprint density at radius 1 is 1.50 bits per heavy atom. The fraction of sp³-hybridized carbons (Fsp3) is 0.438. The quantitative estimate of drug-likeness (QED) is 0.447. The first-order valence-electron chi connectivity index (χ1n) is 7.92. The van der Waals surface area contributed by atoms with Crippen LogP contribution in [0.25, 0.3) is 11.4 Å². The second-order valence-corrected chi connectivity index (χ2v) is 6.83. The first-order valence-corrected chi connectivity index (χ1v) is 8.87. The van der Waals surface area contributed by atoms with Crippen LogP contribution in [0.1, 0.15) is 31.6 Å². The number of carbonyl (C=O) groups is 1. The average Bonchev–Trinajstić information content (AvgIpc) is 3.01. The standard InChI is InChI=1S/C16H19FN4O2S/c1-2-3-6-24-21-8-12(9-21)16-19-15(20-23-16)11-4-5-13(17)14(7-11)18-10-22/h4-5,7,10,12H,2-3,6,8-9H2,1H3,(H,18,22). The summed E-state index contributed by atoms with van der Waals surface area (Å²) in [5.41, 5.74) is 0.695. The molecule has 2 aromatic rings. The zero-order valence-electron chi connectivity index (χ0n) is 13.4. The van der Waals surface area contributed by atoms with E-state index in [1.54, 1.807) is 6.07 Å². The van der Waals surface area contributed by atoms with Crippen LogP contribution in [0.15, 0.2) is 22.7 Å². The van der Waals surface area contributed by atoms with Crippen LogP contribution in [0.2, 0.25) is 0 Å². The lowest BCUT2D eigenvalue weighted by molar-refractivity contribution is -0.105. The number of anilines is 1. The number of nitrogens with one attached hydrogen (secondary N) is 1. The van der Waals surface area contributed by atoms with Crippen molar-refractivity contribution in [3.63, 3.8) is 0 Å². The van der Waals surface area contributed by atoms with E-state index in [2.05, 4.69) is 26.7 Å². The van der Waals surface area contributed by atoms with Gasteiger partial charge in [-0.1, -0.05) is 30.4 Å². The van der Waals surface area contributed by atoms with Gasteiger partial charge in [0.15, 0.2) is 0 Å². The Bertz CT molecular complexity index is 703. The van der Waals surface area contributed by atoms with Crippen molar-refractivity contribution < 1.29 is 13.7 Å². The highest BCUT2D eigenvalue weighted by Crippen LogP contribution is 2.32. The molecule has 1 amide bonds. The molecule has 128 valence electrons. The maximum absolute atomic E-state index is 13.5. The van der Waals surface area contributed by atoms with Crippen LogP contribution in [0.5, 0.6) is 0 Å². The van der Waals surface area contributed by atoms with Crippen LogP contribution in [0.4, 0.5) is 10.1 Å². The number of unbranched alkanes of at least 4 members (excludes halogenated alkanes) is 1. The Morgan fingerprint density at radius 3 is 3.08 bits per heavy atom. The largest absolute Gasteiger partial charge is 0.339 e. The summed E-state index contributed by atoms with van der Waals surface area (Å²) >= 11 is 1.86. The summed E-state index contributed by atoms with van der Waals surface area (Å²) in [6, 6.07) is 4.33. The van der Waals surface area contributed by atoms with Crippen LogP contribution in [0.3, 0.4) is 0 Å². The van der Waals surface area contributed by atoms with Crippen molar-refractivity contribution in [2.24, 2.45) is 0 Å². The van der Waals surface area contributed by atoms with Crippen LogP contribution in [0, 0.1) is 5.82 Å². The van der Waals surface area contributed by atoms with Crippen molar-refractivity contribution in [1.82, 2.24) is 14.4 Å². The smallest absolute Gasteiger partial charge is 0.232 e. The number of hydrogen-bond donors (Lipinski definition) is 1. The number of aromatic nitrogens is 2. The van der Waals surface area contributed by atoms with Gasteiger partial charge in [0.25, 0.3) is 0 Å². The van der Waals surface area contributed by atoms with Gasteiger partial charge in [-0.25, -0.2) is 8.70 Å². The number of hydrogen-bond acceptors (Lipinski definition) is 6. The molecule has 0 saturated carbocycles. The lowest BCUT2D eigenvalue weighted by atomic mass is 10.0. The lowest BCUT2D eigenvalue weighted by Gasteiger charge is -2.35. The van der Waals surface area contributed by atoms with E-state index in [4.69, 9.17) is 4.52 Å². The number of amides is 1. The Kier molecular flexibility index (Phi) is 5.47. The van der Waals surface area contributed by atoms with Crippen molar-refractivity contribution in [3.05, 3.63) is 29.9 Å². The van der Waals surface area contributed by atoms with E-state index in [-0.39, 0.29) is 11.6 Å². The summed E-state index contributed by atoms with van der Waals surface area (Å²) in [4.78, 5) is 14.9. The lowest BCUT2D eigenvalue weighted by Crippen LogP contribution is -2.40. The van der Waals surface area contributed by atoms with Gasteiger partial charge < -0.3 is 9.84 Å². The third-order valence-corrected chi connectivity index (χ3v) is 4.98. The summed E-state index contributed by atoms with van der Waals surface area (Å²) in [7, 11) is 0. The predicted octanol–water partition coefficient (Wildman–Crippen LogP) is 3.29. The van der Waals surface area contributed by atoms with Crippen molar-refractivity contribution in [2.75, 3.05) is 24.2 Å². The molecular weight excluding hydrogens is 331 g/mol. The van der Waals surface area contributed by atoms with Gasteiger partial charge in [-0.3, -0.25) is 4.79 Å². The van der Waals surface area contributed by atoms with Gasteiger partial charge >= 0.3 is 0 Å². The highest BCUT2D eigenvalue weighted by molar-refractivity contribution is 7.97. The van der Waals surface area contributed by atoms with Crippen LogP contribution < -0.4 is 5.32 Å². The van der Waals surface area contributed by atoms with Gasteiger partial charge in [0.2, 0.25) is 18.1 Å². The van der Waals surface area contributed by atoms with E-state index in [1.807, 2.05) is 11.9 Å². The van der Waals surface area contributed by atoms with E-state index in [1.165, 1.54) is 25.0 Å². The summed E-state index contributed by atoms with van der Waals surface area (Å²) in [6.07, 6.45) is 2.86. The number of nitrogens with zero attached hydrogens (tertiary/aromatic N) is 3. The molecule has 3 rings (SSSR count). The molecule has 0 atom stereocenters. The molecule has 1 fully saturated rings. The molecule has 0 bridgehead atoms. The molecule has 1 N–H and O–H groups in total. The minimum Gasteiger partial charge on any atom is -0.339 e. The average molecular weight is 350 g/mol. The number of rotatable bonds is 8. The van der Waals surface area contributed by atoms with E-state index >= 15 is 0 Å². The summed E-state index contributed by atoms with van der Waals surface area (Å²) in [6.45, 7) is 3.99. The van der Waals surface area contributed by atoms with E-state index < -0.39 is 5.82 Å². The fourth-order valence-corrected chi connectivity index (χ4v) is 3.64. The highest BCUT2D eigenvalue weighted by Gasteiger charge is 2.33. The maximum atomic E-state index is 13.5. The second-order valence-electron chi connectivity index (χ2n) is 5.64. The fourth-order valence-electron chi connectivity index (χ4n) is 2.39. The van der Waals surface area contributed by atoms with E-state index in [0.29, 0.717) is 23.7 Å². The zero-order valence-corrected chi connectivity index (χ0v) is 14.2. The molecule has 1 aromatic heterocycles. The van der Waals surface area contributed by atoms with E-state index in [0.717, 1.165) is 18.8 Å². The Morgan fingerprint density at radius 2 is 2.33 bits per heavy atom. The summed E-state index contributed by atoms with van der Waals surface area (Å²) in [5, 5.41) is 6.29. The maximum Gasteiger partial charge on any atom is 0.232 e. The molecule has 6 nitrogen and oxygen atoms in total. The summed E-state index contributed by atoms with van der Waals surface area (Å²) in [5.74, 6) is 1.88. The molecular formula is C16H19FN4O2S. The predicted molar refractivity (Wildman–Crippen MR) is 91.1 cm³/mol. The monoisotopic (exact) mass is 350 g/mol. The minimum atomic E-state index is -0.506. The molecule has 0 aliphatic carbocycles. The van der Waals surface area contributed by atoms with Gasteiger partial charge in [-0.05, 0) is 24.6 Å². The van der Waals surface area contributed by atoms with Gasteiger partial charge in [0, 0.05) is 24.4 Å². The van der Waals surface area contributed by atoms with Crippen molar-refractivity contribution in [2.45, 2.75) is 25.7 Å². The van der Waals surface area contributed by atoms with E-state index in [9.17, 15) is 9.18 Å². The van der Waals surface area contributed by atoms with Crippen molar-refractivity contribution in [1.29, 1.82) is 0 Å². The normalized spacial score (nSPS) is 15.2. The topological polar surface area (TPSA) is 71.3 Å². The Labute approximate surface area is 143 Å². The molecule has 0 radical (unpaired) electrons. The molecule has 1 aliphatic rings. The van der Waals surface area contributed by atoms with Crippen LogP contribution >= 0.6 is 11.9 Å². The Balaban J connectivity index is 1.62.